The first kappa shape index (κ1) is 21.3. The van der Waals surface area contributed by atoms with Gasteiger partial charge < -0.3 is 20.6 Å². The fourth-order valence-corrected chi connectivity index (χ4v) is 4.14. The minimum absolute atomic E-state index is 0.240. The highest BCUT2D eigenvalue weighted by atomic mass is 32.1. The molecule has 3 N–H and O–H groups in total. The lowest BCUT2D eigenvalue weighted by molar-refractivity contribution is -0.128. The molecule has 1 aliphatic rings. The normalized spacial score (nSPS) is 16.7. The maximum Gasteiger partial charge on any atom is 0.222 e. The number of rotatable bonds is 8. The molecule has 0 bridgehead atoms. The van der Waals surface area contributed by atoms with Crippen molar-refractivity contribution >= 4 is 23.2 Å². The number of nitrogens with zero attached hydrogens (tertiary/aromatic N) is 2. The summed E-state index contributed by atoms with van der Waals surface area (Å²) in [5.74, 6) is 0.910. The number of hydrogen-bond acceptors (Lipinski definition) is 4. The molecule has 0 saturated carbocycles. The topological polar surface area (TPSA) is 77.0 Å². The third kappa shape index (κ3) is 6.05. The largest absolute Gasteiger partial charge is 0.384 e. The van der Waals surface area contributed by atoms with Crippen LogP contribution >= 0.6 is 11.3 Å². The molecular formula is C22H30N4O2S. The number of carbonyl (C=O) groups is 1. The Balaban J connectivity index is 1.61. The number of hydrogen-bond donors (Lipinski definition) is 3. The van der Waals surface area contributed by atoms with Crippen LogP contribution in [-0.2, 0) is 23.5 Å². The second kappa shape index (κ2) is 9.89. The maximum absolute atomic E-state index is 11.9. The van der Waals surface area contributed by atoms with Crippen molar-refractivity contribution in [1.82, 2.24) is 15.5 Å². The molecule has 156 valence electrons. The Labute approximate surface area is 176 Å². The van der Waals surface area contributed by atoms with E-state index < -0.39 is 5.60 Å². The molecule has 1 amide bonds. The highest BCUT2D eigenvalue weighted by molar-refractivity contribution is 7.08. The summed E-state index contributed by atoms with van der Waals surface area (Å²) in [5.41, 5.74) is 2.16. The van der Waals surface area contributed by atoms with E-state index in [1.54, 1.807) is 18.3 Å². The van der Waals surface area contributed by atoms with Crippen LogP contribution in [0.4, 0.5) is 0 Å². The molecule has 0 spiro atoms. The second-order valence-electron chi connectivity index (χ2n) is 7.57. The van der Waals surface area contributed by atoms with E-state index in [4.69, 9.17) is 0 Å². The quantitative estimate of drug-likeness (QED) is 0.459. The van der Waals surface area contributed by atoms with E-state index in [9.17, 15) is 9.90 Å². The third-order valence-electron chi connectivity index (χ3n) is 5.04. The van der Waals surface area contributed by atoms with E-state index in [0.29, 0.717) is 32.0 Å². The first-order chi connectivity index (χ1) is 14.0. The van der Waals surface area contributed by atoms with E-state index >= 15 is 0 Å². The Morgan fingerprint density at radius 1 is 1.31 bits per heavy atom. The average molecular weight is 415 g/mol. The van der Waals surface area contributed by atoms with Gasteiger partial charge in [-0.3, -0.25) is 4.79 Å². The number of aliphatic hydroxyl groups is 1. The molecule has 0 aliphatic carbocycles. The van der Waals surface area contributed by atoms with Crippen LogP contribution in [0.3, 0.4) is 0 Å². The van der Waals surface area contributed by atoms with Crippen LogP contribution in [0.15, 0.2) is 46.1 Å². The van der Waals surface area contributed by atoms with Crippen LogP contribution in [0.2, 0.25) is 0 Å². The van der Waals surface area contributed by atoms with E-state index in [0.717, 1.165) is 36.2 Å². The molecule has 1 atom stereocenters. The fourth-order valence-electron chi connectivity index (χ4n) is 3.36. The van der Waals surface area contributed by atoms with Gasteiger partial charge in [0.05, 0.1) is 13.1 Å². The summed E-state index contributed by atoms with van der Waals surface area (Å²) >= 11 is 1.57. The molecule has 6 nitrogen and oxygen atoms in total. The Morgan fingerprint density at radius 3 is 2.83 bits per heavy atom. The Bertz CT molecular complexity index is 833. The summed E-state index contributed by atoms with van der Waals surface area (Å²) in [4.78, 5) is 18.4. The molecular weight excluding hydrogens is 384 g/mol. The summed E-state index contributed by atoms with van der Waals surface area (Å²) in [7, 11) is 0. The number of benzene rings is 1. The first-order valence-corrected chi connectivity index (χ1v) is 11.0. The van der Waals surface area contributed by atoms with E-state index in [1.807, 2.05) is 40.8 Å². The predicted molar refractivity (Wildman–Crippen MR) is 118 cm³/mol. The molecule has 1 fully saturated rings. The number of likely N-dealkylation sites (tertiary alicyclic amines) is 1. The van der Waals surface area contributed by atoms with Gasteiger partial charge in [0, 0.05) is 26.1 Å². The van der Waals surface area contributed by atoms with Crippen molar-refractivity contribution in [2.45, 2.75) is 45.4 Å². The number of guanidine groups is 1. The number of thiophene rings is 1. The van der Waals surface area contributed by atoms with Crippen molar-refractivity contribution in [3.05, 3.63) is 57.8 Å². The van der Waals surface area contributed by atoms with Crippen LogP contribution in [-0.4, -0.2) is 41.5 Å². The molecule has 2 aromatic rings. The van der Waals surface area contributed by atoms with Gasteiger partial charge in [-0.25, -0.2) is 4.99 Å². The summed E-state index contributed by atoms with van der Waals surface area (Å²) in [5, 5.41) is 21.1. The first-order valence-electron chi connectivity index (χ1n) is 10.1. The highest BCUT2D eigenvalue weighted by Crippen LogP contribution is 2.22. The molecule has 1 aliphatic heterocycles. The van der Waals surface area contributed by atoms with Gasteiger partial charge >= 0.3 is 0 Å². The number of amides is 1. The fraction of sp³-hybridized carbons (Fsp3) is 0.455. The number of aliphatic imine (C=N–C) groups is 1. The number of nitrogens with one attached hydrogen (secondary N) is 2. The van der Waals surface area contributed by atoms with Gasteiger partial charge in [0.1, 0.15) is 5.60 Å². The zero-order valence-electron chi connectivity index (χ0n) is 17.1. The predicted octanol–water partition coefficient (Wildman–Crippen LogP) is 2.83. The number of carbonyl (C=O) groups excluding carboxylic acids is 1. The lowest BCUT2D eigenvalue weighted by atomic mass is 9.99. The Kier molecular flexibility index (Phi) is 7.28. The minimum Gasteiger partial charge on any atom is -0.384 e. The van der Waals surface area contributed by atoms with Crippen molar-refractivity contribution in [3.63, 3.8) is 0 Å². The summed E-state index contributed by atoms with van der Waals surface area (Å²) in [6.07, 6.45) is 1.62. The smallest absolute Gasteiger partial charge is 0.222 e. The molecule has 2 heterocycles. The zero-order chi connectivity index (χ0) is 20.7. The van der Waals surface area contributed by atoms with Gasteiger partial charge in [0.15, 0.2) is 5.96 Å². The standard InChI is InChI=1S/C22H30N4O2S/c1-3-23-21(25-16-22(2,28)19-9-11-29-15-19)24-13-17-6-4-7-18(12-17)14-26-10-5-8-20(26)27/h4,6-7,9,11-12,15,28H,3,5,8,10,13-14,16H2,1-2H3,(H2,23,24,25). The van der Waals surface area contributed by atoms with Crippen LogP contribution in [0.5, 0.6) is 0 Å². The molecule has 29 heavy (non-hydrogen) atoms. The SMILES string of the molecule is CCNC(=NCc1cccc(CN2CCCC2=O)c1)NCC(C)(O)c1ccsc1. The Hall–Kier alpha value is -2.38. The van der Waals surface area contributed by atoms with Gasteiger partial charge in [-0.2, -0.15) is 11.3 Å². The summed E-state index contributed by atoms with van der Waals surface area (Å²) in [6, 6.07) is 10.2. The molecule has 1 aromatic carbocycles. The van der Waals surface area contributed by atoms with Crippen LogP contribution < -0.4 is 10.6 Å². The van der Waals surface area contributed by atoms with Crippen molar-refractivity contribution in [2.75, 3.05) is 19.6 Å². The molecule has 0 radical (unpaired) electrons. The van der Waals surface area contributed by atoms with Crippen LogP contribution in [0.25, 0.3) is 0 Å². The summed E-state index contributed by atoms with van der Waals surface area (Å²) in [6.45, 7) is 6.96. The maximum atomic E-state index is 11.9. The monoisotopic (exact) mass is 414 g/mol. The third-order valence-corrected chi connectivity index (χ3v) is 5.73. The van der Waals surface area contributed by atoms with Gasteiger partial charge in [-0.15, -0.1) is 0 Å². The summed E-state index contributed by atoms with van der Waals surface area (Å²) < 4.78 is 0. The minimum atomic E-state index is -0.960. The highest BCUT2D eigenvalue weighted by Gasteiger charge is 2.23. The van der Waals surface area contributed by atoms with Gasteiger partial charge in [0.25, 0.3) is 0 Å². The van der Waals surface area contributed by atoms with Crippen molar-refractivity contribution in [2.24, 2.45) is 4.99 Å². The molecule has 1 unspecified atom stereocenters. The zero-order valence-corrected chi connectivity index (χ0v) is 18.0. The van der Waals surface area contributed by atoms with Crippen molar-refractivity contribution in [1.29, 1.82) is 0 Å². The Morgan fingerprint density at radius 2 is 2.14 bits per heavy atom. The second-order valence-corrected chi connectivity index (χ2v) is 8.35. The lowest BCUT2D eigenvalue weighted by Gasteiger charge is -2.24. The van der Waals surface area contributed by atoms with Crippen LogP contribution in [0, 0.1) is 0 Å². The van der Waals surface area contributed by atoms with E-state index in [-0.39, 0.29) is 5.91 Å². The molecule has 3 rings (SSSR count). The van der Waals surface area contributed by atoms with Gasteiger partial charge in [-0.1, -0.05) is 24.3 Å². The van der Waals surface area contributed by atoms with Gasteiger partial charge in [0.2, 0.25) is 5.91 Å². The average Bonchev–Trinajstić information content (AvgIpc) is 3.37. The molecule has 1 saturated heterocycles. The molecule has 1 aromatic heterocycles. The van der Waals surface area contributed by atoms with Gasteiger partial charge in [-0.05, 0) is 53.8 Å². The van der Waals surface area contributed by atoms with E-state index in [2.05, 4.69) is 27.8 Å². The van der Waals surface area contributed by atoms with E-state index in [1.165, 1.54) is 0 Å². The van der Waals surface area contributed by atoms with Crippen molar-refractivity contribution < 1.29 is 9.90 Å². The van der Waals surface area contributed by atoms with Crippen LogP contribution in [0.1, 0.15) is 43.4 Å². The lowest BCUT2D eigenvalue weighted by Crippen LogP contribution is -2.44. The molecule has 7 heteroatoms. The van der Waals surface area contributed by atoms with Crippen molar-refractivity contribution in [3.8, 4) is 0 Å².